The minimum Gasteiger partial charge on any atom is -0.339 e. The van der Waals surface area contributed by atoms with Gasteiger partial charge in [0.2, 0.25) is 5.91 Å². The zero-order valence-electron chi connectivity index (χ0n) is 16.5. The van der Waals surface area contributed by atoms with Gasteiger partial charge < -0.3 is 9.80 Å². The maximum atomic E-state index is 13.2. The van der Waals surface area contributed by atoms with Crippen LogP contribution in [-0.4, -0.2) is 57.7 Å². The first-order valence-electron chi connectivity index (χ1n) is 10.2. The lowest BCUT2D eigenvalue weighted by atomic mass is 9.97. The Kier molecular flexibility index (Phi) is 6.62. The second-order valence-electron chi connectivity index (χ2n) is 8.09. The van der Waals surface area contributed by atoms with Crippen LogP contribution in [0.5, 0.6) is 0 Å². The average Bonchev–Trinajstić information content (AvgIpc) is 3.24. The van der Waals surface area contributed by atoms with Gasteiger partial charge in [-0.1, -0.05) is 18.5 Å². The zero-order valence-corrected chi connectivity index (χ0v) is 17.3. The van der Waals surface area contributed by atoms with Crippen molar-refractivity contribution in [2.45, 2.75) is 71.9 Å². The average molecular weight is 381 g/mol. The van der Waals surface area contributed by atoms with Crippen molar-refractivity contribution in [2.75, 3.05) is 26.2 Å². The standard InChI is InChI=1S/C20H33ClN4O/c1-15(14-25-17(3)19(21)16(2)22-25)20(26)24-12-5-4-8-18(24)9-13-23-10-6-7-11-23/h15,18H,4-14H2,1-3H3/t15-,18-/m1/s1. The summed E-state index contributed by atoms with van der Waals surface area (Å²) < 4.78 is 1.89. The van der Waals surface area contributed by atoms with Crippen LogP contribution in [-0.2, 0) is 11.3 Å². The molecule has 0 radical (unpaired) electrons. The molecule has 3 rings (SSSR count). The van der Waals surface area contributed by atoms with Crippen LogP contribution in [0.25, 0.3) is 0 Å². The molecule has 146 valence electrons. The molecule has 6 heteroatoms. The molecule has 3 heterocycles. The second kappa shape index (κ2) is 8.75. The van der Waals surface area contributed by atoms with Crippen LogP contribution < -0.4 is 0 Å². The maximum absolute atomic E-state index is 13.2. The molecule has 1 aromatic rings. The summed E-state index contributed by atoms with van der Waals surface area (Å²) in [5.41, 5.74) is 1.79. The monoisotopic (exact) mass is 380 g/mol. The van der Waals surface area contributed by atoms with E-state index in [1.165, 1.54) is 32.4 Å². The Labute approximate surface area is 162 Å². The number of carbonyl (C=O) groups is 1. The third kappa shape index (κ3) is 4.42. The highest BCUT2D eigenvalue weighted by molar-refractivity contribution is 6.31. The predicted molar refractivity (Wildman–Crippen MR) is 106 cm³/mol. The first kappa shape index (κ1) is 19.7. The van der Waals surface area contributed by atoms with Gasteiger partial charge in [-0.25, -0.2) is 0 Å². The van der Waals surface area contributed by atoms with Gasteiger partial charge in [0.1, 0.15) is 0 Å². The number of hydrogen-bond donors (Lipinski definition) is 0. The van der Waals surface area contributed by atoms with Gasteiger partial charge >= 0.3 is 0 Å². The summed E-state index contributed by atoms with van der Waals surface area (Å²) in [5, 5.41) is 5.21. The molecule has 26 heavy (non-hydrogen) atoms. The first-order chi connectivity index (χ1) is 12.5. The highest BCUT2D eigenvalue weighted by Gasteiger charge is 2.30. The maximum Gasteiger partial charge on any atom is 0.227 e. The molecule has 0 aromatic carbocycles. The normalized spacial score (nSPS) is 22.8. The van der Waals surface area contributed by atoms with Gasteiger partial charge in [0, 0.05) is 19.1 Å². The molecular weight excluding hydrogens is 348 g/mol. The van der Waals surface area contributed by atoms with Gasteiger partial charge in [-0.3, -0.25) is 9.48 Å². The summed E-state index contributed by atoms with van der Waals surface area (Å²) in [5.74, 6) is 0.205. The fourth-order valence-electron chi connectivity index (χ4n) is 4.40. The van der Waals surface area contributed by atoms with Crippen LogP contribution in [0.1, 0.15) is 56.8 Å². The number of aromatic nitrogens is 2. The van der Waals surface area contributed by atoms with Crippen molar-refractivity contribution in [3.05, 3.63) is 16.4 Å². The molecule has 2 atom stereocenters. The van der Waals surface area contributed by atoms with Crippen LogP contribution in [0.2, 0.25) is 5.02 Å². The summed E-state index contributed by atoms with van der Waals surface area (Å²) >= 11 is 6.25. The van der Waals surface area contributed by atoms with Gasteiger partial charge in [-0.2, -0.15) is 5.10 Å². The van der Waals surface area contributed by atoms with Crippen LogP contribution in [0.15, 0.2) is 0 Å². The number of nitrogens with zero attached hydrogens (tertiary/aromatic N) is 4. The van der Waals surface area contributed by atoms with Crippen molar-refractivity contribution < 1.29 is 4.79 Å². The molecule has 2 aliphatic heterocycles. The van der Waals surface area contributed by atoms with E-state index in [1.807, 2.05) is 25.5 Å². The van der Waals surface area contributed by atoms with Crippen molar-refractivity contribution in [3.8, 4) is 0 Å². The summed E-state index contributed by atoms with van der Waals surface area (Å²) in [6.07, 6.45) is 7.30. The van der Waals surface area contributed by atoms with Gasteiger partial charge in [-0.05, 0) is 65.5 Å². The fourth-order valence-corrected chi connectivity index (χ4v) is 4.54. The number of likely N-dealkylation sites (tertiary alicyclic amines) is 2. The third-order valence-corrected chi connectivity index (χ3v) is 6.60. The Hall–Kier alpha value is -1.07. The number of rotatable bonds is 6. The molecule has 0 N–H and O–H groups in total. The van der Waals surface area contributed by atoms with E-state index in [-0.39, 0.29) is 11.8 Å². The highest BCUT2D eigenvalue weighted by Crippen LogP contribution is 2.25. The summed E-state index contributed by atoms with van der Waals surface area (Å²) in [4.78, 5) is 17.9. The van der Waals surface area contributed by atoms with E-state index in [1.54, 1.807) is 0 Å². The molecule has 0 unspecified atom stereocenters. The number of aryl methyl sites for hydroxylation is 1. The highest BCUT2D eigenvalue weighted by atomic mass is 35.5. The Morgan fingerprint density at radius 1 is 1.19 bits per heavy atom. The fraction of sp³-hybridized carbons (Fsp3) is 0.800. The molecule has 1 amide bonds. The van der Waals surface area contributed by atoms with Crippen molar-refractivity contribution in [2.24, 2.45) is 5.92 Å². The SMILES string of the molecule is Cc1nn(C[C@@H](C)C(=O)N2CCCC[C@@H]2CCN2CCCC2)c(C)c1Cl. The summed E-state index contributed by atoms with van der Waals surface area (Å²) in [7, 11) is 0. The topological polar surface area (TPSA) is 41.4 Å². The third-order valence-electron chi connectivity index (χ3n) is 6.05. The smallest absolute Gasteiger partial charge is 0.227 e. The number of carbonyl (C=O) groups excluding carboxylic acids is 1. The van der Waals surface area contributed by atoms with E-state index >= 15 is 0 Å². The lowest BCUT2D eigenvalue weighted by molar-refractivity contribution is -0.139. The molecular formula is C20H33ClN4O. The van der Waals surface area contributed by atoms with Gasteiger partial charge in [-0.15, -0.1) is 0 Å². The first-order valence-corrected chi connectivity index (χ1v) is 10.6. The predicted octanol–water partition coefficient (Wildman–Crippen LogP) is 3.66. The molecule has 0 spiro atoms. The van der Waals surface area contributed by atoms with Crippen molar-refractivity contribution in [1.29, 1.82) is 0 Å². The van der Waals surface area contributed by atoms with Gasteiger partial charge in [0.25, 0.3) is 0 Å². The Morgan fingerprint density at radius 3 is 2.54 bits per heavy atom. The molecule has 2 saturated heterocycles. The zero-order chi connectivity index (χ0) is 18.7. The molecule has 2 fully saturated rings. The molecule has 5 nitrogen and oxygen atoms in total. The number of halogens is 1. The Balaban J connectivity index is 1.60. The molecule has 0 aliphatic carbocycles. The van der Waals surface area contributed by atoms with E-state index in [0.29, 0.717) is 17.6 Å². The Bertz CT molecular complexity index is 624. The lowest BCUT2D eigenvalue weighted by Crippen LogP contribution is -2.47. The summed E-state index contributed by atoms with van der Waals surface area (Å²) in [6.45, 7) is 11.0. The van der Waals surface area contributed by atoms with Crippen LogP contribution >= 0.6 is 11.6 Å². The van der Waals surface area contributed by atoms with E-state index in [0.717, 1.165) is 43.7 Å². The number of amides is 1. The van der Waals surface area contributed by atoms with Crippen LogP contribution in [0.4, 0.5) is 0 Å². The molecule has 1 aromatic heterocycles. The van der Waals surface area contributed by atoms with Crippen molar-refractivity contribution >= 4 is 17.5 Å². The van der Waals surface area contributed by atoms with E-state index in [9.17, 15) is 4.79 Å². The van der Waals surface area contributed by atoms with Crippen LogP contribution in [0, 0.1) is 19.8 Å². The summed E-state index contributed by atoms with van der Waals surface area (Å²) in [6, 6.07) is 0.406. The minimum atomic E-state index is -0.0727. The van der Waals surface area contributed by atoms with E-state index in [2.05, 4.69) is 14.9 Å². The van der Waals surface area contributed by atoms with Gasteiger partial charge in [0.05, 0.1) is 28.9 Å². The largest absolute Gasteiger partial charge is 0.339 e. The van der Waals surface area contributed by atoms with Crippen LogP contribution in [0.3, 0.4) is 0 Å². The Morgan fingerprint density at radius 2 is 1.88 bits per heavy atom. The second-order valence-corrected chi connectivity index (χ2v) is 8.46. The van der Waals surface area contributed by atoms with E-state index in [4.69, 9.17) is 11.6 Å². The van der Waals surface area contributed by atoms with Crippen molar-refractivity contribution in [3.63, 3.8) is 0 Å². The molecule has 0 bridgehead atoms. The quantitative estimate of drug-likeness (QED) is 0.756. The molecule has 0 saturated carbocycles. The molecule has 2 aliphatic rings. The van der Waals surface area contributed by atoms with Crippen molar-refractivity contribution in [1.82, 2.24) is 19.6 Å². The van der Waals surface area contributed by atoms with E-state index < -0.39 is 0 Å². The minimum absolute atomic E-state index is 0.0727. The lowest BCUT2D eigenvalue weighted by Gasteiger charge is -2.38. The van der Waals surface area contributed by atoms with Gasteiger partial charge in [0.15, 0.2) is 0 Å². The number of hydrogen-bond acceptors (Lipinski definition) is 3. The number of piperidine rings is 1.